The molecule has 0 saturated heterocycles. The van der Waals surface area contributed by atoms with Crippen LogP contribution in [0.5, 0.6) is 0 Å². The lowest BCUT2D eigenvalue weighted by Gasteiger charge is -2.28. The number of hydrogen-bond acceptors (Lipinski definition) is 4. The summed E-state index contributed by atoms with van der Waals surface area (Å²) in [7, 11) is 0. The maximum Gasteiger partial charge on any atom is 0.340 e. The van der Waals surface area contributed by atoms with Crippen LogP contribution in [0.2, 0.25) is 0 Å². The number of nitrogens with two attached hydrogens (primary N) is 1. The van der Waals surface area contributed by atoms with E-state index in [0.29, 0.717) is 22.9 Å². The number of anilines is 1. The Morgan fingerprint density at radius 3 is 3.05 bits per heavy atom. The minimum Gasteiger partial charge on any atom is -0.459 e. The summed E-state index contributed by atoms with van der Waals surface area (Å²) in [5.41, 5.74) is 7.32. The van der Waals surface area contributed by atoms with E-state index in [4.69, 9.17) is 10.5 Å². The first-order valence-electron chi connectivity index (χ1n) is 7.03. The Morgan fingerprint density at radius 1 is 1.53 bits per heavy atom. The molecule has 0 aromatic carbocycles. The highest BCUT2D eigenvalue weighted by molar-refractivity contribution is 5.91. The number of aromatic nitrogens is 1. The van der Waals surface area contributed by atoms with Gasteiger partial charge in [-0.25, -0.2) is 4.79 Å². The first kappa shape index (κ1) is 13.8. The van der Waals surface area contributed by atoms with E-state index < -0.39 is 0 Å². The number of rotatable bonds is 3. The molecule has 0 amide bonds. The van der Waals surface area contributed by atoms with Gasteiger partial charge in [-0.3, -0.25) is 4.98 Å². The third kappa shape index (κ3) is 3.46. The molecule has 104 valence electrons. The fraction of sp³-hybridized carbons (Fsp3) is 0.600. The Balaban J connectivity index is 2.02. The van der Waals surface area contributed by atoms with Crippen LogP contribution in [0.4, 0.5) is 5.69 Å². The molecule has 0 aliphatic heterocycles. The highest BCUT2D eigenvalue weighted by atomic mass is 16.5. The van der Waals surface area contributed by atoms with Gasteiger partial charge in [-0.2, -0.15) is 0 Å². The van der Waals surface area contributed by atoms with E-state index in [1.807, 2.05) is 0 Å². The van der Waals surface area contributed by atoms with Gasteiger partial charge in [0.25, 0.3) is 0 Å². The van der Waals surface area contributed by atoms with Gasteiger partial charge in [0.05, 0.1) is 23.1 Å². The number of carbonyl (C=O) groups excluding carboxylic acids is 1. The standard InChI is InChI=1S/C15H22N2O2/c1-3-11-5-4-6-13(7-11)19-15(18)14-8-12(16)9-17-10(14)2/h8-9,11,13H,3-7,16H2,1-2H3. The molecule has 1 saturated carbocycles. The van der Waals surface area contributed by atoms with Crippen molar-refractivity contribution in [2.45, 2.75) is 52.1 Å². The molecule has 0 bridgehead atoms. The van der Waals surface area contributed by atoms with Crippen molar-refractivity contribution in [1.29, 1.82) is 0 Å². The zero-order valence-electron chi connectivity index (χ0n) is 11.7. The van der Waals surface area contributed by atoms with Crippen molar-refractivity contribution in [2.75, 3.05) is 5.73 Å². The van der Waals surface area contributed by atoms with Crippen molar-refractivity contribution >= 4 is 11.7 Å². The number of ether oxygens (including phenoxy) is 1. The Bertz CT molecular complexity index is 459. The number of nitrogens with zero attached hydrogens (tertiary/aromatic N) is 1. The number of pyridine rings is 1. The van der Waals surface area contributed by atoms with E-state index in [1.165, 1.54) is 6.42 Å². The topological polar surface area (TPSA) is 65.2 Å². The van der Waals surface area contributed by atoms with Gasteiger partial charge in [-0.05, 0) is 38.2 Å². The fourth-order valence-corrected chi connectivity index (χ4v) is 2.69. The van der Waals surface area contributed by atoms with Crippen LogP contribution in [-0.2, 0) is 4.74 Å². The molecule has 2 atom stereocenters. The monoisotopic (exact) mass is 262 g/mol. The normalized spacial score (nSPS) is 23.1. The summed E-state index contributed by atoms with van der Waals surface area (Å²) in [4.78, 5) is 16.3. The predicted octanol–water partition coefficient (Wildman–Crippen LogP) is 3.10. The molecular weight excluding hydrogens is 240 g/mol. The van der Waals surface area contributed by atoms with Crippen molar-refractivity contribution < 1.29 is 9.53 Å². The third-order valence-corrected chi connectivity index (χ3v) is 3.91. The molecule has 0 radical (unpaired) electrons. The number of aryl methyl sites for hydroxylation is 1. The molecule has 2 unspecified atom stereocenters. The van der Waals surface area contributed by atoms with Crippen LogP contribution in [0.15, 0.2) is 12.3 Å². The van der Waals surface area contributed by atoms with Gasteiger partial charge in [-0.15, -0.1) is 0 Å². The molecule has 4 heteroatoms. The summed E-state index contributed by atoms with van der Waals surface area (Å²) in [5.74, 6) is 0.394. The number of hydrogen-bond donors (Lipinski definition) is 1. The average Bonchev–Trinajstić information content (AvgIpc) is 2.41. The van der Waals surface area contributed by atoms with Crippen molar-refractivity contribution in [2.24, 2.45) is 5.92 Å². The Morgan fingerprint density at radius 2 is 2.32 bits per heavy atom. The van der Waals surface area contributed by atoms with E-state index in [-0.39, 0.29) is 12.1 Å². The lowest BCUT2D eigenvalue weighted by molar-refractivity contribution is 0.0139. The summed E-state index contributed by atoms with van der Waals surface area (Å²) in [6.07, 6.45) is 7.11. The van der Waals surface area contributed by atoms with Crippen LogP contribution in [0.1, 0.15) is 55.1 Å². The molecule has 2 rings (SSSR count). The van der Waals surface area contributed by atoms with E-state index in [0.717, 1.165) is 25.7 Å². The Labute approximate surface area is 114 Å². The Hall–Kier alpha value is -1.58. The van der Waals surface area contributed by atoms with Gasteiger partial charge >= 0.3 is 5.97 Å². The molecule has 1 aromatic heterocycles. The van der Waals surface area contributed by atoms with Crippen molar-refractivity contribution in [1.82, 2.24) is 4.98 Å². The van der Waals surface area contributed by atoms with Gasteiger partial charge in [0.1, 0.15) is 6.10 Å². The fourth-order valence-electron chi connectivity index (χ4n) is 2.69. The number of nitrogen functional groups attached to an aromatic ring is 1. The van der Waals surface area contributed by atoms with E-state index in [9.17, 15) is 4.79 Å². The van der Waals surface area contributed by atoms with Gasteiger partial charge in [0.15, 0.2) is 0 Å². The van der Waals surface area contributed by atoms with Gasteiger partial charge in [0, 0.05) is 0 Å². The van der Waals surface area contributed by atoms with Crippen molar-refractivity contribution in [3.63, 3.8) is 0 Å². The SMILES string of the molecule is CCC1CCCC(OC(=O)c2cc(N)cnc2C)C1. The second kappa shape index (κ2) is 6.04. The average molecular weight is 262 g/mol. The Kier molecular flexibility index (Phi) is 4.40. The summed E-state index contributed by atoms with van der Waals surface area (Å²) < 4.78 is 5.61. The first-order chi connectivity index (χ1) is 9.10. The maximum atomic E-state index is 12.2. The molecule has 19 heavy (non-hydrogen) atoms. The lowest BCUT2D eigenvalue weighted by Crippen LogP contribution is -2.25. The van der Waals surface area contributed by atoms with Crippen molar-refractivity contribution in [3.05, 3.63) is 23.5 Å². The molecule has 1 aromatic rings. The zero-order valence-corrected chi connectivity index (χ0v) is 11.7. The number of carbonyl (C=O) groups is 1. The smallest absolute Gasteiger partial charge is 0.340 e. The van der Waals surface area contributed by atoms with Crippen LogP contribution in [0, 0.1) is 12.8 Å². The minimum atomic E-state index is -0.293. The summed E-state index contributed by atoms with van der Waals surface area (Å²) in [6, 6.07) is 1.64. The first-order valence-corrected chi connectivity index (χ1v) is 7.03. The predicted molar refractivity (Wildman–Crippen MR) is 74.8 cm³/mol. The van der Waals surface area contributed by atoms with E-state index >= 15 is 0 Å². The molecule has 1 heterocycles. The summed E-state index contributed by atoms with van der Waals surface area (Å²) in [6.45, 7) is 3.99. The van der Waals surface area contributed by atoms with Crippen LogP contribution in [0.3, 0.4) is 0 Å². The number of esters is 1. The van der Waals surface area contributed by atoms with Gasteiger partial charge in [0.2, 0.25) is 0 Å². The van der Waals surface area contributed by atoms with Crippen LogP contribution < -0.4 is 5.73 Å². The summed E-state index contributed by atoms with van der Waals surface area (Å²) in [5, 5.41) is 0. The molecule has 0 spiro atoms. The molecular formula is C15H22N2O2. The van der Waals surface area contributed by atoms with E-state index in [1.54, 1.807) is 19.2 Å². The second-order valence-corrected chi connectivity index (χ2v) is 5.37. The third-order valence-electron chi connectivity index (χ3n) is 3.91. The second-order valence-electron chi connectivity index (χ2n) is 5.37. The maximum absolute atomic E-state index is 12.2. The highest BCUT2D eigenvalue weighted by Crippen LogP contribution is 2.29. The summed E-state index contributed by atoms with van der Waals surface area (Å²) >= 11 is 0. The van der Waals surface area contributed by atoms with E-state index in [2.05, 4.69) is 11.9 Å². The van der Waals surface area contributed by atoms with Crippen LogP contribution >= 0.6 is 0 Å². The van der Waals surface area contributed by atoms with Crippen molar-refractivity contribution in [3.8, 4) is 0 Å². The largest absolute Gasteiger partial charge is 0.459 e. The molecule has 2 N–H and O–H groups in total. The van der Waals surface area contributed by atoms with Crippen LogP contribution in [0.25, 0.3) is 0 Å². The molecule has 4 nitrogen and oxygen atoms in total. The quantitative estimate of drug-likeness (QED) is 0.850. The zero-order chi connectivity index (χ0) is 13.8. The minimum absolute atomic E-state index is 0.0482. The van der Waals surface area contributed by atoms with Gasteiger partial charge < -0.3 is 10.5 Å². The highest BCUT2D eigenvalue weighted by Gasteiger charge is 2.25. The molecule has 1 fully saturated rings. The van der Waals surface area contributed by atoms with Crippen LogP contribution in [-0.4, -0.2) is 17.1 Å². The van der Waals surface area contributed by atoms with Gasteiger partial charge in [-0.1, -0.05) is 19.8 Å². The lowest BCUT2D eigenvalue weighted by atomic mass is 9.85. The molecule has 1 aliphatic rings. The molecule has 1 aliphatic carbocycles.